The van der Waals surface area contributed by atoms with E-state index in [1.807, 2.05) is 12.2 Å². The summed E-state index contributed by atoms with van der Waals surface area (Å²) in [4.78, 5) is 0. The van der Waals surface area contributed by atoms with Crippen LogP contribution in [0.1, 0.15) is 0 Å². The van der Waals surface area contributed by atoms with Gasteiger partial charge < -0.3 is 0 Å². The third-order valence-corrected chi connectivity index (χ3v) is 1.47. The molecule has 1 aliphatic rings. The van der Waals surface area contributed by atoms with Gasteiger partial charge in [0.2, 0.25) is 0 Å². The van der Waals surface area contributed by atoms with E-state index in [4.69, 9.17) is 0 Å². The zero-order valence-electron chi connectivity index (χ0n) is 4.92. The SMILES string of the molecule is FC1=CC(P)C=CC=C1. The standard InChI is InChI=1S/C7H8FP/c8-6-3-1-2-4-7(9)5-6/h1-5,7H,9H2. The highest BCUT2D eigenvalue weighted by molar-refractivity contribution is 7.18. The molecule has 9 heavy (non-hydrogen) atoms. The van der Waals surface area contributed by atoms with Crippen molar-refractivity contribution in [2.24, 2.45) is 0 Å². The normalized spacial score (nSPS) is 25.6. The maximum Gasteiger partial charge on any atom is 0.120 e. The third kappa shape index (κ3) is 2.11. The molecule has 2 heteroatoms. The van der Waals surface area contributed by atoms with E-state index in [2.05, 4.69) is 9.24 Å². The van der Waals surface area contributed by atoms with Crippen LogP contribution in [0.5, 0.6) is 0 Å². The van der Waals surface area contributed by atoms with Gasteiger partial charge in [0.1, 0.15) is 5.83 Å². The van der Waals surface area contributed by atoms with Crippen molar-refractivity contribution < 1.29 is 4.39 Å². The Hall–Kier alpha value is -0.420. The predicted octanol–water partition coefficient (Wildman–Crippen LogP) is 2.21. The fourth-order valence-electron chi connectivity index (χ4n) is 0.635. The van der Waals surface area contributed by atoms with Crippen LogP contribution in [0.2, 0.25) is 0 Å². The van der Waals surface area contributed by atoms with E-state index in [9.17, 15) is 4.39 Å². The first-order valence-electron chi connectivity index (χ1n) is 2.77. The summed E-state index contributed by atoms with van der Waals surface area (Å²) in [6, 6.07) is 0. The second-order valence-corrected chi connectivity index (χ2v) is 2.64. The average molecular weight is 142 g/mol. The smallest absolute Gasteiger partial charge is 0.120 e. The molecule has 0 saturated heterocycles. The van der Waals surface area contributed by atoms with Crippen molar-refractivity contribution in [3.8, 4) is 0 Å². The van der Waals surface area contributed by atoms with E-state index in [1.54, 1.807) is 12.2 Å². The highest BCUT2D eigenvalue weighted by Gasteiger charge is 1.95. The second kappa shape index (κ2) is 2.93. The summed E-state index contributed by atoms with van der Waals surface area (Å²) in [5.74, 6) is -0.167. The van der Waals surface area contributed by atoms with Crippen molar-refractivity contribution in [2.45, 2.75) is 5.66 Å². The minimum Gasteiger partial charge on any atom is -0.207 e. The number of hydrogen-bond acceptors (Lipinski definition) is 0. The summed E-state index contributed by atoms with van der Waals surface area (Å²) in [6.07, 6.45) is 8.43. The zero-order valence-corrected chi connectivity index (χ0v) is 6.07. The summed E-state index contributed by atoms with van der Waals surface area (Å²) in [6.45, 7) is 0. The molecule has 0 aromatic carbocycles. The first-order valence-corrected chi connectivity index (χ1v) is 3.43. The molecule has 2 unspecified atom stereocenters. The minimum absolute atomic E-state index is 0.139. The molecule has 0 aromatic rings. The van der Waals surface area contributed by atoms with Gasteiger partial charge >= 0.3 is 0 Å². The Bertz CT molecular complexity index is 179. The maximum absolute atomic E-state index is 12.4. The number of hydrogen-bond donors (Lipinski definition) is 0. The summed E-state index contributed by atoms with van der Waals surface area (Å²) in [5, 5.41) is 0. The molecule has 0 spiro atoms. The van der Waals surface area contributed by atoms with Crippen molar-refractivity contribution in [2.75, 3.05) is 0 Å². The summed E-state index contributed by atoms with van der Waals surface area (Å²) in [5.41, 5.74) is 0.139. The molecule has 0 nitrogen and oxygen atoms in total. The van der Waals surface area contributed by atoms with Crippen LogP contribution in [0.25, 0.3) is 0 Å². The lowest BCUT2D eigenvalue weighted by molar-refractivity contribution is 0.664. The molecule has 0 fully saturated rings. The van der Waals surface area contributed by atoms with E-state index >= 15 is 0 Å². The van der Waals surface area contributed by atoms with E-state index in [0.29, 0.717) is 0 Å². The zero-order chi connectivity index (χ0) is 6.69. The van der Waals surface area contributed by atoms with Crippen LogP contribution in [-0.4, -0.2) is 5.66 Å². The number of rotatable bonds is 0. The Kier molecular flexibility index (Phi) is 2.18. The van der Waals surface area contributed by atoms with Crippen molar-refractivity contribution in [1.82, 2.24) is 0 Å². The molecule has 0 aromatic heterocycles. The summed E-state index contributed by atoms with van der Waals surface area (Å²) in [7, 11) is 2.52. The Morgan fingerprint density at radius 2 is 2.22 bits per heavy atom. The first kappa shape index (κ1) is 6.70. The maximum atomic E-state index is 12.4. The van der Waals surface area contributed by atoms with Crippen LogP contribution >= 0.6 is 9.24 Å². The van der Waals surface area contributed by atoms with Crippen LogP contribution in [0.4, 0.5) is 4.39 Å². The predicted molar refractivity (Wildman–Crippen MR) is 41.0 cm³/mol. The van der Waals surface area contributed by atoms with E-state index in [0.717, 1.165) is 0 Å². The summed E-state index contributed by atoms with van der Waals surface area (Å²) >= 11 is 0. The molecule has 0 heterocycles. The highest BCUT2D eigenvalue weighted by atomic mass is 31.0. The van der Waals surface area contributed by atoms with E-state index in [1.165, 1.54) is 6.08 Å². The van der Waals surface area contributed by atoms with Gasteiger partial charge in [0.15, 0.2) is 0 Å². The Labute approximate surface area is 56.3 Å². The van der Waals surface area contributed by atoms with Gasteiger partial charge in [0.05, 0.1) is 0 Å². The third-order valence-electron chi connectivity index (χ3n) is 1.05. The number of halogens is 1. The van der Waals surface area contributed by atoms with E-state index in [-0.39, 0.29) is 11.5 Å². The monoisotopic (exact) mass is 142 g/mol. The topological polar surface area (TPSA) is 0 Å². The molecule has 0 aliphatic heterocycles. The van der Waals surface area contributed by atoms with Crippen molar-refractivity contribution in [3.63, 3.8) is 0 Å². The molecule has 0 saturated carbocycles. The first-order chi connectivity index (χ1) is 4.29. The summed E-state index contributed by atoms with van der Waals surface area (Å²) < 4.78 is 12.4. The molecular weight excluding hydrogens is 134 g/mol. The van der Waals surface area contributed by atoms with Crippen LogP contribution < -0.4 is 0 Å². The van der Waals surface area contributed by atoms with Crippen molar-refractivity contribution >= 4 is 9.24 Å². The number of allylic oxidation sites excluding steroid dienone is 6. The lowest BCUT2D eigenvalue weighted by Crippen LogP contribution is -1.82. The van der Waals surface area contributed by atoms with Gasteiger partial charge in [0, 0.05) is 5.66 Å². The van der Waals surface area contributed by atoms with Crippen LogP contribution in [0, 0.1) is 0 Å². The lowest BCUT2D eigenvalue weighted by Gasteiger charge is -1.92. The second-order valence-electron chi connectivity index (χ2n) is 1.87. The molecule has 0 amide bonds. The molecule has 1 aliphatic carbocycles. The average Bonchev–Trinajstić information content (AvgIpc) is 1.93. The lowest BCUT2D eigenvalue weighted by atomic mass is 10.3. The fourth-order valence-corrected chi connectivity index (χ4v) is 0.947. The van der Waals surface area contributed by atoms with Gasteiger partial charge in [-0.2, -0.15) is 0 Å². The molecule has 2 atom stereocenters. The highest BCUT2D eigenvalue weighted by Crippen LogP contribution is 2.12. The molecule has 0 N–H and O–H groups in total. The van der Waals surface area contributed by atoms with Gasteiger partial charge in [-0.1, -0.05) is 18.2 Å². The van der Waals surface area contributed by atoms with Gasteiger partial charge in [-0.05, 0) is 12.2 Å². The molecule has 0 radical (unpaired) electrons. The van der Waals surface area contributed by atoms with Crippen LogP contribution in [0.3, 0.4) is 0 Å². The molecular formula is C7H8FP. The Morgan fingerprint density at radius 3 is 3.00 bits per heavy atom. The van der Waals surface area contributed by atoms with Gasteiger partial charge in [-0.25, -0.2) is 4.39 Å². The molecule has 0 bridgehead atoms. The fraction of sp³-hybridized carbons (Fsp3) is 0.143. The van der Waals surface area contributed by atoms with Crippen molar-refractivity contribution in [3.05, 3.63) is 36.2 Å². The van der Waals surface area contributed by atoms with Gasteiger partial charge in [-0.3, -0.25) is 0 Å². The minimum atomic E-state index is -0.167. The molecule has 1 rings (SSSR count). The largest absolute Gasteiger partial charge is 0.207 e. The molecule has 48 valence electrons. The quantitative estimate of drug-likeness (QED) is 0.455. The van der Waals surface area contributed by atoms with Crippen molar-refractivity contribution in [1.29, 1.82) is 0 Å². The van der Waals surface area contributed by atoms with Crippen LogP contribution in [0.15, 0.2) is 36.2 Å². The van der Waals surface area contributed by atoms with Gasteiger partial charge in [-0.15, -0.1) is 9.24 Å². The van der Waals surface area contributed by atoms with Crippen LogP contribution in [-0.2, 0) is 0 Å². The van der Waals surface area contributed by atoms with Gasteiger partial charge in [0.25, 0.3) is 0 Å². The van der Waals surface area contributed by atoms with E-state index < -0.39 is 0 Å². The Morgan fingerprint density at radius 1 is 1.44 bits per heavy atom. The Balaban J connectivity index is 2.77.